The van der Waals surface area contributed by atoms with Gasteiger partial charge in [-0.2, -0.15) is 0 Å². The van der Waals surface area contributed by atoms with Crippen molar-refractivity contribution >= 4 is 23.7 Å². The number of carbonyl (C=O) groups excluding carboxylic acids is 4. The van der Waals surface area contributed by atoms with Gasteiger partial charge in [0.25, 0.3) is 17.7 Å². The third-order valence-corrected chi connectivity index (χ3v) is 6.14. The highest BCUT2D eigenvalue weighted by atomic mass is 16.5. The molecule has 0 radical (unpaired) electrons. The van der Waals surface area contributed by atoms with E-state index in [0.717, 1.165) is 30.6 Å². The highest BCUT2D eigenvalue weighted by Gasteiger charge is 2.35. The number of nitrogens with one attached hydrogen (secondary N) is 1. The predicted molar refractivity (Wildman–Crippen MR) is 124 cm³/mol. The van der Waals surface area contributed by atoms with Crippen molar-refractivity contribution in [3.8, 4) is 5.75 Å². The molecule has 1 atom stereocenters. The van der Waals surface area contributed by atoms with Crippen LogP contribution >= 0.6 is 0 Å². The summed E-state index contributed by atoms with van der Waals surface area (Å²) in [6, 6.07) is 11.6. The van der Waals surface area contributed by atoms with E-state index < -0.39 is 12.1 Å². The Bertz CT molecular complexity index is 1090. The van der Waals surface area contributed by atoms with Gasteiger partial charge in [0.05, 0.1) is 24.3 Å². The zero-order valence-electron chi connectivity index (χ0n) is 19.3. The molecule has 34 heavy (non-hydrogen) atoms. The standard InChI is InChI=1S/C26H28N2O6/c1-3-33-22-13-12-17(15-28-24(30)19-10-6-7-11-20(19)25(28)31)14-21(22)26(32)34-16(2)23(29)27-18-8-4-5-9-18/h6-7,10-14,16,18H,3-5,8-9,15H2,1-2H3,(H,27,29)/t16-/m1/s1. The maximum absolute atomic E-state index is 13.0. The van der Waals surface area contributed by atoms with Gasteiger partial charge >= 0.3 is 5.97 Å². The molecule has 1 saturated carbocycles. The minimum Gasteiger partial charge on any atom is -0.493 e. The number of esters is 1. The Hall–Kier alpha value is -3.68. The van der Waals surface area contributed by atoms with Crippen LogP contribution in [0.5, 0.6) is 5.75 Å². The lowest BCUT2D eigenvalue weighted by Gasteiger charge is -2.19. The van der Waals surface area contributed by atoms with Gasteiger partial charge in [0, 0.05) is 6.04 Å². The summed E-state index contributed by atoms with van der Waals surface area (Å²) < 4.78 is 11.0. The average molecular weight is 465 g/mol. The molecule has 0 saturated heterocycles. The molecule has 1 heterocycles. The van der Waals surface area contributed by atoms with Gasteiger partial charge in [-0.1, -0.05) is 31.0 Å². The molecule has 3 amide bonds. The summed E-state index contributed by atoms with van der Waals surface area (Å²) in [5.74, 6) is -1.49. The SMILES string of the molecule is CCOc1ccc(CN2C(=O)c3ccccc3C2=O)cc1C(=O)O[C@H](C)C(=O)NC1CCCC1. The zero-order valence-corrected chi connectivity index (χ0v) is 19.3. The summed E-state index contributed by atoms with van der Waals surface area (Å²) >= 11 is 0. The zero-order chi connectivity index (χ0) is 24.2. The summed E-state index contributed by atoms with van der Waals surface area (Å²) in [6.45, 7) is 3.65. The van der Waals surface area contributed by atoms with Crippen LogP contribution < -0.4 is 10.1 Å². The molecule has 2 aromatic rings. The Morgan fingerprint density at radius 2 is 1.71 bits per heavy atom. The fraction of sp³-hybridized carbons (Fsp3) is 0.385. The van der Waals surface area contributed by atoms with Crippen molar-refractivity contribution in [3.05, 3.63) is 64.7 Å². The third kappa shape index (κ3) is 4.81. The molecule has 1 aliphatic carbocycles. The average Bonchev–Trinajstić information content (AvgIpc) is 3.43. The molecular weight excluding hydrogens is 436 g/mol. The molecule has 4 rings (SSSR count). The second-order valence-corrected chi connectivity index (χ2v) is 8.54. The van der Waals surface area contributed by atoms with Crippen LogP contribution in [-0.2, 0) is 16.1 Å². The highest BCUT2D eigenvalue weighted by Crippen LogP contribution is 2.27. The van der Waals surface area contributed by atoms with Crippen molar-refractivity contribution < 1.29 is 28.7 Å². The second kappa shape index (κ2) is 10.1. The first kappa shape index (κ1) is 23.5. The van der Waals surface area contributed by atoms with Crippen molar-refractivity contribution in [3.63, 3.8) is 0 Å². The first-order valence-corrected chi connectivity index (χ1v) is 11.6. The van der Waals surface area contributed by atoms with Gasteiger partial charge in [0.2, 0.25) is 0 Å². The van der Waals surface area contributed by atoms with Gasteiger partial charge in [0.15, 0.2) is 6.10 Å². The third-order valence-electron chi connectivity index (χ3n) is 6.14. The van der Waals surface area contributed by atoms with Gasteiger partial charge in [0.1, 0.15) is 11.3 Å². The molecule has 8 nitrogen and oxygen atoms in total. The molecular formula is C26H28N2O6. The molecule has 2 aromatic carbocycles. The molecule has 1 aliphatic heterocycles. The van der Waals surface area contributed by atoms with E-state index in [4.69, 9.17) is 9.47 Å². The van der Waals surface area contributed by atoms with E-state index in [1.54, 1.807) is 49.4 Å². The minimum absolute atomic E-state index is 0.00322. The van der Waals surface area contributed by atoms with E-state index in [0.29, 0.717) is 29.0 Å². The lowest BCUT2D eigenvalue weighted by atomic mass is 10.1. The maximum atomic E-state index is 13.0. The van der Waals surface area contributed by atoms with E-state index in [1.807, 2.05) is 0 Å². The summed E-state index contributed by atoms with van der Waals surface area (Å²) in [6.07, 6.45) is 3.05. The van der Waals surface area contributed by atoms with Gasteiger partial charge in [-0.05, 0) is 56.5 Å². The molecule has 0 spiro atoms. The van der Waals surface area contributed by atoms with E-state index in [9.17, 15) is 19.2 Å². The Morgan fingerprint density at radius 3 is 2.32 bits per heavy atom. The van der Waals surface area contributed by atoms with Crippen molar-refractivity contribution in [2.45, 2.75) is 58.2 Å². The highest BCUT2D eigenvalue weighted by molar-refractivity contribution is 6.21. The van der Waals surface area contributed by atoms with Gasteiger partial charge in [-0.25, -0.2) is 4.79 Å². The number of carbonyl (C=O) groups is 4. The Kier molecular flexibility index (Phi) is 6.95. The Balaban J connectivity index is 1.49. The molecule has 178 valence electrons. The number of hydrogen-bond acceptors (Lipinski definition) is 6. The molecule has 0 unspecified atom stereocenters. The fourth-order valence-electron chi connectivity index (χ4n) is 4.35. The number of rotatable bonds is 8. The summed E-state index contributed by atoms with van der Waals surface area (Å²) in [7, 11) is 0. The monoisotopic (exact) mass is 464 g/mol. The topological polar surface area (TPSA) is 102 Å². The van der Waals surface area contributed by atoms with Crippen LogP contribution in [-0.4, -0.2) is 47.3 Å². The lowest BCUT2D eigenvalue weighted by molar-refractivity contribution is -0.129. The van der Waals surface area contributed by atoms with E-state index in [-0.39, 0.29) is 35.9 Å². The van der Waals surface area contributed by atoms with Crippen molar-refractivity contribution in [1.29, 1.82) is 0 Å². The van der Waals surface area contributed by atoms with E-state index in [2.05, 4.69) is 5.32 Å². The predicted octanol–water partition coefficient (Wildman–Crippen LogP) is 3.49. The minimum atomic E-state index is -0.970. The van der Waals surface area contributed by atoms with Crippen molar-refractivity contribution in [2.75, 3.05) is 6.61 Å². The fourth-order valence-corrected chi connectivity index (χ4v) is 4.35. The van der Waals surface area contributed by atoms with E-state index in [1.165, 1.54) is 6.92 Å². The van der Waals surface area contributed by atoms with Crippen LogP contribution in [0.15, 0.2) is 42.5 Å². The van der Waals surface area contributed by atoms with Crippen LogP contribution in [0.3, 0.4) is 0 Å². The van der Waals surface area contributed by atoms with Gasteiger partial charge in [-0.3, -0.25) is 19.3 Å². The molecule has 1 N–H and O–H groups in total. The number of benzene rings is 2. The van der Waals surface area contributed by atoms with Crippen LogP contribution in [0.25, 0.3) is 0 Å². The summed E-state index contributed by atoms with van der Waals surface area (Å²) in [5.41, 5.74) is 1.42. The molecule has 0 aromatic heterocycles. The molecule has 1 fully saturated rings. The number of nitrogens with zero attached hydrogens (tertiary/aromatic N) is 1. The summed E-state index contributed by atoms with van der Waals surface area (Å²) in [4.78, 5) is 52.0. The second-order valence-electron chi connectivity index (χ2n) is 8.54. The quantitative estimate of drug-likeness (QED) is 0.474. The van der Waals surface area contributed by atoms with Crippen LogP contribution in [0.2, 0.25) is 0 Å². The normalized spacial score (nSPS) is 16.4. The van der Waals surface area contributed by atoms with Crippen molar-refractivity contribution in [1.82, 2.24) is 10.2 Å². The van der Waals surface area contributed by atoms with Crippen LogP contribution in [0.4, 0.5) is 0 Å². The molecule has 2 aliphatic rings. The van der Waals surface area contributed by atoms with Crippen LogP contribution in [0, 0.1) is 0 Å². The first-order chi connectivity index (χ1) is 16.4. The number of imide groups is 1. The number of fused-ring (bicyclic) bond motifs is 1. The van der Waals surface area contributed by atoms with E-state index >= 15 is 0 Å². The molecule has 0 bridgehead atoms. The Morgan fingerprint density at radius 1 is 1.06 bits per heavy atom. The van der Waals surface area contributed by atoms with Gasteiger partial charge < -0.3 is 14.8 Å². The first-order valence-electron chi connectivity index (χ1n) is 11.6. The summed E-state index contributed by atoms with van der Waals surface area (Å²) in [5, 5.41) is 2.92. The van der Waals surface area contributed by atoms with Crippen molar-refractivity contribution in [2.24, 2.45) is 0 Å². The van der Waals surface area contributed by atoms with Crippen LogP contribution in [0.1, 0.15) is 76.2 Å². The smallest absolute Gasteiger partial charge is 0.342 e. The Labute approximate surface area is 198 Å². The van der Waals surface area contributed by atoms with Gasteiger partial charge in [-0.15, -0.1) is 0 Å². The molecule has 8 heteroatoms. The number of ether oxygens (including phenoxy) is 2. The number of hydrogen-bond donors (Lipinski definition) is 1. The largest absolute Gasteiger partial charge is 0.493 e. The maximum Gasteiger partial charge on any atom is 0.342 e. The number of amides is 3. The lowest BCUT2D eigenvalue weighted by Crippen LogP contribution is -2.40.